The first-order valence-electron chi connectivity index (χ1n) is 13.1. The molecule has 0 aliphatic heterocycles. The van der Waals surface area contributed by atoms with Crippen molar-refractivity contribution in [1.29, 1.82) is 0 Å². The summed E-state index contributed by atoms with van der Waals surface area (Å²) in [6, 6.07) is 27.9. The second-order valence-corrected chi connectivity index (χ2v) is 11.8. The molecule has 0 amide bonds. The number of carboxylic acid groups (broad SMARTS) is 1. The van der Waals surface area contributed by atoms with Crippen molar-refractivity contribution in [3.63, 3.8) is 0 Å². The van der Waals surface area contributed by atoms with Crippen molar-refractivity contribution in [3.8, 4) is 0 Å². The Morgan fingerprint density at radius 2 is 1.06 bits per heavy atom. The lowest BCUT2D eigenvalue weighted by Gasteiger charge is -2.38. The van der Waals surface area contributed by atoms with Crippen LogP contribution in [0.2, 0.25) is 0 Å². The van der Waals surface area contributed by atoms with E-state index >= 15 is 0 Å². The summed E-state index contributed by atoms with van der Waals surface area (Å²) in [5.41, 5.74) is 1.29. The maximum atomic E-state index is 11.9. The van der Waals surface area contributed by atoms with Crippen LogP contribution in [-0.2, 0) is 10.6 Å². The number of rotatable bonds is 15. The lowest BCUT2D eigenvalue weighted by Crippen LogP contribution is -2.12. The van der Waals surface area contributed by atoms with E-state index in [9.17, 15) is 9.90 Å². The highest BCUT2D eigenvalue weighted by Gasteiger charge is 2.35. The highest BCUT2D eigenvalue weighted by atomic mass is 32.3. The molecule has 0 aliphatic carbocycles. The summed E-state index contributed by atoms with van der Waals surface area (Å²) in [5, 5.41) is 9.74. The summed E-state index contributed by atoms with van der Waals surface area (Å²) in [7, 11) is -2.39. The van der Waals surface area contributed by atoms with Crippen molar-refractivity contribution in [2.45, 2.75) is 92.2 Å². The van der Waals surface area contributed by atoms with Crippen LogP contribution in [0.1, 0.15) is 76.7 Å². The first kappa shape index (κ1) is 26.9. The zero-order valence-corrected chi connectivity index (χ0v) is 21.8. The third-order valence-electron chi connectivity index (χ3n) is 6.42. The minimum absolute atomic E-state index is 0.871. The minimum atomic E-state index is -2.39. The fourth-order valence-corrected chi connectivity index (χ4v) is 7.47. The molecule has 0 saturated heterocycles. The van der Waals surface area contributed by atoms with Crippen LogP contribution in [0.3, 0.4) is 0 Å². The van der Waals surface area contributed by atoms with Crippen LogP contribution in [0.4, 0.5) is 4.79 Å². The Morgan fingerprint density at radius 1 is 0.629 bits per heavy atom. The molecule has 0 bridgehead atoms. The zero-order chi connectivity index (χ0) is 24.8. The van der Waals surface area contributed by atoms with Gasteiger partial charge in [0.05, 0.1) is 0 Å². The van der Waals surface area contributed by atoms with Crippen LogP contribution in [0, 0.1) is 0 Å². The van der Waals surface area contributed by atoms with Gasteiger partial charge in [0.15, 0.2) is 0 Å². The summed E-state index contributed by atoms with van der Waals surface area (Å²) in [6.45, 7) is 2.27. The Morgan fingerprint density at radius 3 is 1.51 bits per heavy atom. The molecule has 3 aromatic carbocycles. The Hall–Kier alpha value is -2.72. The molecule has 3 nitrogen and oxygen atoms in total. The summed E-state index contributed by atoms with van der Waals surface area (Å²) in [5.74, 6) is 0. The highest BCUT2D eigenvalue weighted by Crippen LogP contribution is 2.69. The predicted molar refractivity (Wildman–Crippen MR) is 146 cm³/mol. The second-order valence-electron chi connectivity index (χ2n) is 9.11. The predicted octanol–water partition coefficient (Wildman–Crippen LogP) is 10.0. The van der Waals surface area contributed by atoms with Gasteiger partial charge in [-0.1, -0.05) is 113 Å². The quantitative estimate of drug-likeness (QED) is 0.215. The van der Waals surface area contributed by atoms with Crippen LogP contribution >= 0.6 is 10.3 Å². The number of benzene rings is 3. The Bertz CT molecular complexity index is 947. The highest BCUT2D eigenvalue weighted by molar-refractivity contribution is 8.30. The second kappa shape index (κ2) is 14.6. The summed E-state index contributed by atoms with van der Waals surface area (Å²) in [6.07, 6.45) is 13.1. The van der Waals surface area contributed by atoms with E-state index < -0.39 is 16.5 Å². The van der Waals surface area contributed by atoms with Gasteiger partial charge in [0.1, 0.15) is 0 Å². The van der Waals surface area contributed by atoms with Gasteiger partial charge in [0.25, 0.3) is 0 Å². The lowest BCUT2D eigenvalue weighted by atomic mass is 10.0. The molecule has 0 atom stereocenters. The number of carbonyl (C=O) groups is 1. The fraction of sp³-hybridized carbons (Fsp3) is 0.387. The van der Waals surface area contributed by atoms with Crippen LogP contribution in [-0.4, -0.2) is 11.3 Å². The number of hydrogen-bond acceptors (Lipinski definition) is 2. The first-order valence-corrected chi connectivity index (χ1v) is 14.7. The SMILES string of the molecule is CCCCCCCCCCCCc1ccc(S(OC(=O)O)(c2ccccc2)c2ccccc2)cc1. The standard InChI is InChI=1S/C31H40O3S/c1-2-3-4-5-6-7-8-9-10-13-18-27-23-25-30(26-24-27)35(34-31(32)33,28-19-14-11-15-20-28)29-21-16-12-17-22-29/h11-12,14-17,19-26H,2-10,13,18H2,1H3,(H,32,33). The minimum Gasteiger partial charge on any atom is -0.449 e. The van der Waals surface area contributed by atoms with Gasteiger partial charge in [0, 0.05) is 14.7 Å². The van der Waals surface area contributed by atoms with Crippen LogP contribution in [0.25, 0.3) is 0 Å². The van der Waals surface area contributed by atoms with Crippen LogP contribution in [0.15, 0.2) is 99.6 Å². The molecule has 0 aliphatic rings. The van der Waals surface area contributed by atoms with Crippen molar-refractivity contribution in [1.82, 2.24) is 0 Å². The molecule has 1 N–H and O–H groups in total. The van der Waals surface area contributed by atoms with E-state index in [1.807, 2.05) is 60.7 Å². The van der Waals surface area contributed by atoms with Gasteiger partial charge < -0.3 is 9.29 Å². The molecule has 0 radical (unpaired) electrons. The Balaban J connectivity index is 1.66. The summed E-state index contributed by atoms with van der Waals surface area (Å²) in [4.78, 5) is 14.6. The van der Waals surface area contributed by atoms with Crippen molar-refractivity contribution in [2.75, 3.05) is 0 Å². The van der Waals surface area contributed by atoms with Gasteiger partial charge in [-0.25, -0.2) is 4.79 Å². The largest absolute Gasteiger partial charge is 0.517 e. The van der Waals surface area contributed by atoms with E-state index in [2.05, 4.69) is 31.2 Å². The average molecular weight is 493 g/mol. The van der Waals surface area contributed by atoms with E-state index in [4.69, 9.17) is 4.18 Å². The molecule has 3 aromatic rings. The summed E-state index contributed by atoms with van der Waals surface area (Å²) < 4.78 is 5.80. The molecule has 188 valence electrons. The normalized spacial score (nSPS) is 11.8. The van der Waals surface area contributed by atoms with Gasteiger partial charge >= 0.3 is 6.16 Å². The monoisotopic (exact) mass is 492 g/mol. The molecule has 3 rings (SSSR count). The molecule has 0 fully saturated rings. The van der Waals surface area contributed by atoms with Crippen molar-refractivity contribution in [2.24, 2.45) is 0 Å². The van der Waals surface area contributed by atoms with Gasteiger partial charge in [0.2, 0.25) is 0 Å². The average Bonchev–Trinajstić information content (AvgIpc) is 2.90. The first-order chi connectivity index (χ1) is 17.2. The van der Waals surface area contributed by atoms with Gasteiger partial charge in [-0.3, -0.25) is 0 Å². The van der Waals surface area contributed by atoms with E-state index in [1.54, 1.807) is 0 Å². The van der Waals surface area contributed by atoms with Crippen LogP contribution in [0.5, 0.6) is 0 Å². The fourth-order valence-electron chi connectivity index (χ4n) is 4.55. The lowest BCUT2D eigenvalue weighted by molar-refractivity contribution is 0.150. The van der Waals surface area contributed by atoms with Gasteiger partial charge in [-0.05, 0) is 65.1 Å². The van der Waals surface area contributed by atoms with Gasteiger partial charge in [-0.2, -0.15) is 0 Å². The summed E-state index contributed by atoms with van der Waals surface area (Å²) >= 11 is 0. The number of unbranched alkanes of at least 4 members (excludes halogenated alkanes) is 9. The molecule has 0 spiro atoms. The molecule has 0 aromatic heterocycles. The molecule has 0 heterocycles. The maximum Gasteiger partial charge on any atom is 0.517 e. The maximum absolute atomic E-state index is 11.9. The van der Waals surface area contributed by atoms with Crippen molar-refractivity contribution >= 4 is 16.5 Å². The van der Waals surface area contributed by atoms with Crippen molar-refractivity contribution < 1.29 is 14.1 Å². The van der Waals surface area contributed by atoms with Crippen LogP contribution < -0.4 is 0 Å². The van der Waals surface area contributed by atoms with Crippen molar-refractivity contribution in [3.05, 3.63) is 90.5 Å². The third kappa shape index (κ3) is 7.90. The molecular formula is C31H40O3S. The van der Waals surface area contributed by atoms with E-state index in [0.717, 1.165) is 21.1 Å². The van der Waals surface area contributed by atoms with E-state index in [0.29, 0.717) is 0 Å². The molecule has 35 heavy (non-hydrogen) atoms. The molecule has 4 heteroatoms. The van der Waals surface area contributed by atoms with E-state index in [1.165, 1.54) is 69.8 Å². The number of aryl methyl sites for hydroxylation is 1. The topological polar surface area (TPSA) is 46.5 Å². The smallest absolute Gasteiger partial charge is 0.449 e. The molecule has 0 saturated carbocycles. The molecule has 0 unspecified atom stereocenters. The Labute approximate surface area is 213 Å². The number of hydrogen-bond donors (Lipinski definition) is 1. The van der Waals surface area contributed by atoms with E-state index in [-0.39, 0.29) is 0 Å². The third-order valence-corrected chi connectivity index (χ3v) is 9.62. The molecular weight excluding hydrogens is 452 g/mol. The Kier molecular flexibility index (Phi) is 11.2. The zero-order valence-electron chi connectivity index (χ0n) is 21.0. The van der Waals surface area contributed by atoms with Gasteiger partial charge in [-0.15, -0.1) is 0 Å².